The highest BCUT2D eigenvalue weighted by Gasteiger charge is 2.12. The van der Waals surface area contributed by atoms with Gasteiger partial charge in [0, 0.05) is 39.1 Å². The molecule has 7 nitrogen and oxygen atoms in total. The van der Waals surface area contributed by atoms with Crippen molar-refractivity contribution in [3.05, 3.63) is 59.9 Å². The number of aromatic nitrogens is 1. The number of rotatable bonds is 7. The van der Waals surface area contributed by atoms with E-state index in [4.69, 9.17) is 0 Å². The Labute approximate surface area is 171 Å². The van der Waals surface area contributed by atoms with Crippen molar-refractivity contribution in [2.45, 2.75) is 18.4 Å². The molecule has 1 heterocycles. The summed E-state index contributed by atoms with van der Waals surface area (Å²) in [5.74, 6) is 0.615. The van der Waals surface area contributed by atoms with E-state index in [1.165, 1.54) is 29.6 Å². The van der Waals surface area contributed by atoms with Gasteiger partial charge in [0.1, 0.15) is 4.90 Å². The highest BCUT2D eigenvalue weighted by molar-refractivity contribution is 14.0. The van der Waals surface area contributed by atoms with Crippen LogP contribution in [0.5, 0.6) is 0 Å². The van der Waals surface area contributed by atoms with E-state index in [-0.39, 0.29) is 35.4 Å². The van der Waals surface area contributed by atoms with Crippen LogP contribution in [-0.4, -0.2) is 39.5 Å². The number of halogens is 1. The second-order valence-corrected chi connectivity index (χ2v) is 7.13. The van der Waals surface area contributed by atoms with Crippen LogP contribution in [0.25, 0.3) is 0 Å². The van der Waals surface area contributed by atoms with Crippen molar-refractivity contribution in [1.82, 2.24) is 20.3 Å². The van der Waals surface area contributed by atoms with E-state index in [0.717, 1.165) is 0 Å². The van der Waals surface area contributed by atoms with Gasteiger partial charge in [0.15, 0.2) is 5.96 Å². The lowest BCUT2D eigenvalue weighted by molar-refractivity contribution is 0.580. The van der Waals surface area contributed by atoms with Gasteiger partial charge >= 0.3 is 0 Å². The molecular weight excluding hydrogens is 465 g/mol. The third-order valence-electron chi connectivity index (χ3n) is 3.59. The third kappa shape index (κ3) is 6.89. The zero-order valence-electron chi connectivity index (χ0n) is 14.8. The molecular formula is C17H24IN5O2S. The quantitative estimate of drug-likeness (QED) is 0.238. The first-order valence-electron chi connectivity index (χ1n) is 7.91. The summed E-state index contributed by atoms with van der Waals surface area (Å²) in [5, 5.41) is 6.29. The van der Waals surface area contributed by atoms with E-state index in [9.17, 15) is 8.42 Å². The molecule has 0 aliphatic heterocycles. The van der Waals surface area contributed by atoms with Gasteiger partial charge in [0.25, 0.3) is 0 Å². The number of aryl methyl sites for hydroxylation is 1. The normalized spacial score (nSPS) is 11.5. The Morgan fingerprint density at radius 1 is 1.12 bits per heavy atom. The van der Waals surface area contributed by atoms with E-state index in [2.05, 4.69) is 44.4 Å². The van der Waals surface area contributed by atoms with Crippen LogP contribution in [0.15, 0.2) is 58.7 Å². The SMILES string of the molecule is CN=C(NCCNS(=O)(=O)c1cccnc1)NCc1ccccc1C.I. The number of pyridine rings is 1. The van der Waals surface area contributed by atoms with Gasteiger partial charge in [-0.25, -0.2) is 13.1 Å². The highest BCUT2D eigenvalue weighted by Crippen LogP contribution is 2.06. The Morgan fingerprint density at radius 3 is 2.54 bits per heavy atom. The first-order chi connectivity index (χ1) is 12.0. The van der Waals surface area contributed by atoms with Gasteiger partial charge in [-0.15, -0.1) is 24.0 Å². The predicted molar refractivity (Wildman–Crippen MR) is 114 cm³/mol. The average molecular weight is 489 g/mol. The number of sulfonamides is 1. The maximum absolute atomic E-state index is 12.1. The monoisotopic (exact) mass is 489 g/mol. The largest absolute Gasteiger partial charge is 0.355 e. The lowest BCUT2D eigenvalue weighted by Gasteiger charge is -2.13. The molecule has 0 aliphatic rings. The molecule has 1 aromatic heterocycles. The Kier molecular flexibility index (Phi) is 9.52. The molecule has 26 heavy (non-hydrogen) atoms. The molecule has 9 heteroatoms. The van der Waals surface area contributed by atoms with E-state index < -0.39 is 10.0 Å². The van der Waals surface area contributed by atoms with Gasteiger partial charge in [-0.1, -0.05) is 24.3 Å². The highest BCUT2D eigenvalue weighted by atomic mass is 127. The van der Waals surface area contributed by atoms with Crippen LogP contribution < -0.4 is 15.4 Å². The Hall–Kier alpha value is -1.72. The zero-order valence-corrected chi connectivity index (χ0v) is 17.9. The van der Waals surface area contributed by atoms with Crippen LogP contribution in [0.2, 0.25) is 0 Å². The van der Waals surface area contributed by atoms with Gasteiger partial charge in [-0.05, 0) is 30.2 Å². The van der Waals surface area contributed by atoms with Crippen LogP contribution in [0.4, 0.5) is 0 Å². The lowest BCUT2D eigenvalue weighted by Crippen LogP contribution is -2.41. The molecule has 0 spiro atoms. The fourth-order valence-corrected chi connectivity index (χ4v) is 3.16. The van der Waals surface area contributed by atoms with Crippen LogP contribution in [0.1, 0.15) is 11.1 Å². The minimum Gasteiger partial charge on any atom is -0.355 e. The average Bonchev–Trinajstić information content (AvgIpc) is 2.63. The number of nitrogens with zero attached hydrogens (tertiary/aromatic N) is 2. The second kappa shape index (κ2) is 11.1. The summed E-state index contributed by atoms with van der Waals surface area (Å²) in [4.78, 5) is 8.10. The molecule has 0 aliphatic carbocycles. The van der Waals surface area contributed by atoms with Gasteiger partial charge in [0.05, 0.1) is 0 Å². The maximum Gasteiger partial charge on any atom is 0.242 e. The van der Waals surface area contributed by atoms with Crippen LogP contribution in [0, 0.1) is 6.92 Å². The zero-order chi connectivity index (χ0) is 18.1. The number of hydrogen-bond donors (Lipinski definition) is 3. The van der Waals surface area contributed by atoms with E-state index in [0.29, 0.717) is 19.0 Å². The van der Waals surface area contributed by atoms with E-state index in [1.54, 1.807) is 13.1 Å². The molecule has 0 bridgehead atoms. The fourth-order valence-electron chi connectivity index (χ4n) is 2.16. The van der Waals surface area contributed by atoms with E-state index in [1.807, 2.05) is 12.1 Å². The topological polar surface area (TPSA) is 95.5 Å². The number of benzene rings is 1. The number of aliphatic imine (C=N–C) groups is 1. The standard InChI is InChI=1S/C17H23N5O2S.HI/c1-14-6-3-4-7-15(14)12-21-17(18-2)20-10-11-22-25(23,24)16-8-5-9-19-13-16;/h3-9,13,22H,10-12H2,1-2H3,(H2,18,20,21);1H. The molecule has 0 saturated carbocycles. The van der Waals surface area contributed by atoms with Crippen molar-refractivity contribution in [2.24, 2.45) is 4.99 Å². The van der Waals surface area contributed by atoms with Crippen LogP contribution >= 0.6 is 24.0 Å². The summed E-state index contributed by atoms with van der Waals surface area (Å²) in [7, 11) is -1.87. The van der Waals surface area contributed by atoms with E-state index >= 15 is 0 Å². The van der Waals surface area contributed by atoms with Crippen molar-refractivity contribution in [3.63, 3.8) is 0 Å². The first kappa shape index (κ1) is 22.3. The molecule has 2 rings (SSSR count). The van der Waals surface area contributed by atoms with Gasteiger partial charge in [-0.2, -0.15) is 0 Å². The molecule has 142 valence electrons. The van der Waals surface area contributed by atoms with Crippen molar-refractivity contribution in [2.75, 3.05) is 20.1 Å². The van der Waals surface area contributed by atoms with Gasteiger partial charge in [0.2, 0.25) is 10.0 Å². The predicted octanol–water partition coefficient (Wildman–Crippen LogP) is 1.65. The van der Waals surface area contributed by atoms with Crippen molar-refractivity contribution >= 4 is 40.0 Å². The summed E-state index contributed by atoms with van der Waals surface area (Å²) in [5.41, 5.74) is 2.39. The Morgan fingerprint density at radius 2 is 1.88 bits per heavy atom. The van der Waals surface area contributed by atoms with Crippen molar-refractivity contribution in [1.29, 1.82) is 0 Å². The summed E-state index contributed by atoms with van der Waals surface area (Å²) in [6, 6.07) is 11.2. The molecule has 0 saturated heterocycles. The van der Waals surface area contributed by atoms with Gasteiger partial charge < -0.3 is 10.6 Å². The van der Waals surface area contributed by atoms with Crippen LogP contribution in [0.3, 0.4) is 0 Å². The summed E-state index contributed by atoms with van der Waals surface area (Å²) >= 11 is 0. The number of nitrogens with one attached hydrogen (secondary N) is 3. The second-order valence-electron chi connectivity index (χ2n) is 5.37. The smallest absolute Gasteiger partial charge is 0.242 e. The number of guanidine groups is 1. The first-order valence-corrected chi connectivity index (χ1v) is 9.40. The Bertz CT molecular complexity index is 813. The fraction of sp³-hybridized carbons (Fsp3) is 0.294. The number of hydrogen-bond acceptors (Lipinski definition) is 4. The Balaban J connectivity index is 0.00000338. The molecule has 0 radical (unpaired) electrons. The summed E-state index contributed by atoms with van der Waals surface area (Å²) < 4.78 is 26.7. The summed E-state index contributed by atoms with van der Waals surface area (Å²) in [6.45, 7) is 3.35. The van der Waals surface area contributed by atoms with Gasteiger partial charge in [-0.3, -0.25) is 9.98 Å². The maximum atomic E-state index is 12.1. The molecule has 1 aromatic carbocycles. The molecule has 0 atom stereocenters. The van der Waals surface area contributed by atoms with Crippen LogP contribution in [-0.2, 0) is 16.6 Å². The van der Waals surface area contributed by atoms with Crippen molar-refractivity contribution in [3.8, 4) is 0 Å². The summed E-state index contributed by atoms with van der Waals surface area (Å²) in [6.07, 6.45) is 2.85. The molecule has 0 fully saturated rings. The minimum absolute atomic E-state index is 0. The molecule has 0 unspecified atom stereocenters. The molecule has 3 N–H and O–H groups in total. The molecule has 0 amide bonds. The molecule has 2 aromatic rings. The minimum atomic E-state index is -3.54. The van der Waals surface area contributed by atoms with Crippen molar-refractivity contribution < 1.29 is 8.42 Å². The lowest BCUT2D eigenvalue weighted by atomic mass is 10.1. The third-order valence-corrected chi connectivity index (χ3v) is 5.03.